The van der Waals surface area contributed by atoms with E-state index in [1.54, 1.807) is 0 Å². The first-order chi connectivity index (χ1) is 10.8. The Morgan fingerprint density at radius 1 is 1.35 bits per heavy atom. The molecule has 0 saturated heterocycles. The number of halogens is 3. The maximum absolute atomic E-state index is 12.6. The van der Waals surface area contributed by atoms with E-state index in [0.717, 1.165) is 0 Å². The van der Waals surface area contributed by atoms with Crippen LogP contribution in [0, 0.1) is 6.57 Å². The standard InChI is InChI=1S/C13H10F3N5O2/c1-17-8-7-2-3-20(12(23)13(14,15)16)4-5-21(7)10-9(8)18-6-19-11(10)22/h6H,2-5H2,(H,18,19,22). The second-order valence-electron chi connectivity index (χ2n) is 5.03. The number of carbonyl (C=O) groups excluding carboxylic acids is 1. The predicted molar refractivity (Wildman–Crippen MR) is 73.0 cm³/mol. The number of H-pyrrole nitrogens is 1. The topological polar surface area (TPSA) is 75.3 Å². The first-order valence-corrected chi connectivity index (χ1v) is 6.67. The van der Waals surface area contributed by atoms with Gasteiger partial charge in [-0.05, 0) is 6.42 Å². The van der Waals surface area contributed by atoms with E-state index in [9.17, 15) is 22.8 Å². The molecule has 0 atom stereocenters. The molecule has 0 saturated carbocycles. The molecule has 3 rings (SSSR count). The van der Waals surface area contributed by atoms with Gasteiger partial charge in [-0.15, -0.1) is 0 Å². The zero-order valence-electron chi connectivity index (χ0n) is 11.6. The van der Waals surface area contributed by atoms with Crippen LogP contribution in [0.4, 0.5) is 18.9 Å². The van der Waals surface area contributed by atoms with Gasteiger partial charge in [-0.3, -0.25) is 9.59 Å². The number of nitrogens with zero attached hydrogens (tertiary/aromatic N) is 4. The molecule has 1 N–H and O–H groups in total. The number of aromatic amines is 1. The summed E-state index contributed by atoms with van der Waals surface area (Å²) < 4.78 is 39.2. The van der Waals surface area contributed by atoms with Crippen molar-refractivity contribution in [2.24, 2.45) is 0 Å². The molecule has 0 fully saturated rings. The fraction of sp³-hybridized carbons (Fsp3) is 0.385. The number of aromatic nitrogens is 3. The number of alkyl halides is 3. The molecule has 23 heavy (non-hydrogen) atoms. The fourth-order valence-corrected chi connectivity index (χ4v) is 2.79. The van der Waals surface area contributed by atoms with Crippen LogP contribution < -0.4 is 5.56 Å². The van der Waals surface area contributed by atoms with Crippen LogP contribution in [-0.2, 0) is 17.8 Å². The molecule has 0 spiro atoms. The van der Waals surface area contributed by atoms with E-state index in [2.05, 4.69) is 14.8 Å². The number of rotatable bonds is 0. The normalized spacial score (nSPS) is 15.1. The van der Waals surface area contributed by atoms with Gasteiger partial charge in [0.2, 0.25) is 5.69 Å². The highest BCUT2D eigenvalue weighted by Crippen LogP contribution is 2.32. The van der Waals surface area contributed by atoms with E-state index >= 15 is 0 Å². The highest BCUT2D eigenvalue weighted by molar-refractivity contribution is 5.92. The Kier molecular flexibility index (Phi) is 3.35. The molecule has 0 aliphatic carbocycles. The van der Waals surface area contributed by atoms with Gasteiger partial charge in [-0.2, -0.15) is 13.2 Å². The molecule has 0 radical (unpaired) electrons. The highest BCUT2D eigenvalue weighted by Gasteiger charge is 2.42. The lowest BCUT2D eigenvalue weighted by Crippen LogP contribution is -2.42. The molecule has 0 unspecified atom stereocenters. The van der Waals surface area contributed by atoms with Crippen LogP contribution in [0.3, 0.4) is 0 Å². The summed E-state index contributed by atoms with van der Waals surface area (Å²) >= 11 is 0. The Labute approximate surface area is 127 Å². The molecule has 120 valence electrons. The van der Waals surface area contributed by atoms with Crippen LogP contribution in [0.25, 0.3) is 15.9 Å². The van der Waals surface area contributed by atoms with Crippen molar-refractivity contribution in [1.29, 1.82) is 0 Å². The molecule has 0 aromatic carbocycles. The van der Waals surface area contributed by atoms with Crippen LogP contribution in [0.1, 0.15) is 5.69 Å². The monoisotopic (exact) mass is 325 g/mol. The average Bonchev–Trinajstić information content (AvgIpc) is 2.64. The highest BCUT2D eigenvalue weighted by atomic mass is 19.4. The molecule has 2 aromatic rings. The third kappa shape index (κ3) is 2.34. The molecule has 2 aromatic heterocycles. The van der Waals surface area contributed by atoms with Crippen molar-refractivity contribution in [2.45, 2.75) is 19.1 Å². The van der Waals surface area contributed by atoms with Crippen molar-refractivity contribution in [2.75, 3.05) is 13.1 Å². The Morgan fingerprint density at radius 3 is 2.74 bits per heavy atom. The van der Waals surface area contributed by atoms with E-state index in [0.29, 0.717) is 10.6 Å². The third-order valence-electron chi connectivity index (χ3n) is 3.78. The minimum atomic E-state index is -4.94. The van der Waals surface area contributed by atoms with Gasteiger partial charge in [-0.25, -0.2) is 9.83 Å². The summed E-state index contributed by atoms with van der Waals surface area (Å²) in [4.78, 5) is 33.8. The first kappa shape index (κ1) is 15.1. The number of carbonyl (C=O) groups is 1. The molecule has 1 aliphatic rings. The van der Waals surface area contributed by atoms with Gasteiger partial charge in [0.05, 0.1) is 12.9 Å². The number of amides is 1. The Hall–Kier alpha value is -2.83. The summed E-state index contributed by atoms with van der Waals surface area (Å²) in [5, 5.41) is 0. The third-order valence-corrected chi connectivity index (χ3v) is 3.78. The molecule has 3 heterocycles. The zero-order valence-corrected chi connectivity index (χ0v) is 11.6. The molecule has 7 nitrogen and oxygen atoms in total. The van der Waals surface area contributed by atoms with Crippen LogP contribution in [0.5, 0.6) is 0 Å². The lowest BCUT2D eigenvalue weighted by atomic mass is 10.2. The number of fused-ring (bicyclic) bond motifs is 3. The molecule has 1 amide bonds. The number of hydrogen-bond acceptors (Lipinski definition) is 3. The number of nitrogens with one attached hydrogen (secondary N) is 1. The lowest BCUT2D eigenvalue weighted by molar-refractivity contribution is -0.185. The van der Waals surface area contributed by atoms with Crippen molar-refractivity contribution >= 4 is 22.6 Å². The van der Waals surface area contributed by atoms with Gasteiger partial charge in [0.25, 0.3) is 5.56 Å². The van der Waals surface area contributed by atoms with E-state index in [-0.39, 0.29) is 42.8 Å². The average molecular weight is 325 g/mol. The van der Waals surface area contributed by atoms with Crippen LogP contribution in [0.15, 0.2) is 11.1 Å². The molecule has 10 heteroatoms. The Bertz CT molecular complexity index is 890. The minimum absolute atomic E-state index is 0.00204. The smallest absolute Gasteiger partial charge is 0.348 e. The molecular weight excluding hydrogens is 315 g/mol. The van der Waals surface area contributed by atoms with E-state index in [4.69, 9.17) is 6.57 Å². The summed E-state index contributed by atoms with van der Waals surface area (Å²) in [7, 11) is 0. The van der Waals surface area contributed by atoms with Crippen molar-refractivity contribution in [1.82, 2.24) is 19.4 Å². The summed E-state index contributed by atoms with van der Waals surface area (Å²) in [6, 6.07) is 0. The Balaban J connectivity index is 2.07. The predicted octanol–water partition coefficient (Wildman–Crippen LogP) is 1.22. The van der Waals surface area contributed by atoms with Crippen LogP contribution >= 0.6 is 0 Å². The van der Waals surface area contributed by atoms with Gasteiger partial charge < -0.3 is 14.5 Å². The SMILES string of the molecule is [C-]#[N+]c1c2n(c3c(=O)[nH]cnc13)CCN(C(=O)C(F)(F)F)CC2. The molecular formula is C13H10F3N5O2. The van der Waals surface area contributed by atoms with E-state index < -0.39 is 17.6 Å². The summed E-state index contributed by atoms with van der Waals surface area (Å²) in [5.41, 5.74) is 0.481. The van der Waals surface area contributed by atoms with Crippen LogP contribution in [-0.4, -0.2) is 44.6 Å². The van der Waals surface area contributed by atoms with E-state index in [1.165, 1.54) is 10.9 Å². The van der Waals surface area contributed by atoms with Gasteiger partial charge >= 0.3 is 12.1 Å². The van der Waals surface area contributed by atoms with Gasteiger partial charge in [0, 0.05) is 25.3 Å². The van der Waals surface area contributed by atoms with Gasteiger partial charge in [0.15, 0.2) is 0 Å². The maximum Gasteiger partial charge on any atom is 0.471 e. The minimum Gasteiger partial charge on any atom is -0.348 e. The zero-order chi connectivity index (χ0) is 16.8. The summed E-state index contributed by atoms with van der Waals surface area (Å²) in [5.74, 6) is -1.91. The maximum atomic E-state index is 12.6. The lowest BCUT2D eigenvalue weighted by Gasteiger charge is -2.21. The largest absolute Gasteiger partial charge is 0.471 e. The Morgan fingerprint density at radius 2 is 2.09 bits per heavy atom. The van der Waals surface area contributed by atoms with Crippen molar-refractivity contribution < 1.29 is 18.0 Å². The summed E-state index contributed by atoms with van der Waals surface area (Å²) in [6.45, 7) is 6.89. The molecule has 1 aliphatic heterocycles. The second-order valence-corrected chi connectivity index (χ2v) is 5.03. The quantitative estimate of drug-likeness (QED) is 0.740. The van der Waals surface area contributed by atoms with Crippen LogP contribution in [0.2, 0.25) is 0 Å². The number of hydrogen-bond donors (Lipinski definition) is 1. The van der Waals surface area contributed by atoms with Crippen molar-refractivity contribution in [3.63, 3.8) is 0 Å². The second kappa shape index (κ2) is 5.12. The van der Waals surface area contributed by atoms with E-state index in [1.807, 2.05) is 0 Å². The fourth-order valence-electron chi connectivity index (χ4n) is 2.79. The first-order valence-electron chi connectivity index (χ1n) is 6.67. The van der Waals surface area contributed by atoms with Gasteiger partial charge in [-0.1, -0.05) is 0 Å². The van der Waals surface area contributed by atoms with Crippen molar-refractivity contribution in [3.05, 3.63) is 33.8 Å². The molecule has 0 bridgehead atoms. The summed E-state index contributed by atoms with van der Waals surface area (Å²) in [6.07, 6.45) is -3.71. The van der Waals surface area contributed by atoms with Crippen molar-refractivity contribution in [3.8, 4) is 0 Å². The van der Waals surface area contributed by atoms with Gasteiger partial charge in [0.1, 0.15) is 11.0 Å².